The average Bonchev–Trinajstić information content (AvgIpc) is 3.05. The predicted octanol–water partition coefficient (Wildman–Crippen LogP) is 2.13. The summed E-state index contributed by atoms with van der Waals surface area (Å²) in [6.07, 6.45) is 1.31. The summed E-state index contributed by atoms with van der Waals surface area (Å²) in [6.45, 7) is 13.6. The first-order chi connectivity index (χ1) is 13.9. The largest absolute Gasteiger partial charge is 0.369 e. The molecule has 1 atom stereocenters. The molecule has 0 aromatic heterocycles. The third kappa shape index (κ3) is 6.20. The van der Waals surface area contributed by atoms with Crippen LogP contribution in [0.15, 0.2) is 24.3 Å². The summed E-state index contributed by atoms with van der Waals surface area (Å²) in [5, 5.41) is 3.04. The van der Waals surface area contributed by atoms with Crippen LogP contribution >= 0.6 is 0 Å². The van der Waals surface area contributed by atoms with E-state index in [9.17, 15) is 9.59 Å². The van der Waals surface area contributed by atoms with Crippen molar-refractivity contribution in [2.24, 2.45) is 11.8 Å². The quantitative estimate of drug-likeness (QED) is 0.679. The predicted molar refractivity (Wildman–Crippen MR) is 117 cm³/mol. The summed E-state index contributed by atoms with van der Waals surface area (Å²) < 4.78 is 0. The van der Waals surface area contributed by atoms with Gasteiger partial charge in [-0.3, -0.25) is 14.5 Å². The fraction of sp³-hybridized carbons (Fsp3) is 0.652. The monoisotopic (exact) mass is 400 g/mol. The maximum atomic E-state index is 12.4. The molecule has 1 unspecified atom stereocenters. The van der Waals surface area contributed by atoms with E-state index in [4.69, 9.17) is 0 Å². The summed E-state index contributed by atoms with van der Waals surface area (Å²) in [4.78, 5) is 31.2. The van der Waals surface area contributed by atoms with E-state index in [1.54, 1.807) is 0 Å². The number of nitrogens with one attached hydrogen (secondary N) is 1. The number of hydrogen-bond donors (Lipinski definition) is 1. The van der Waals surface area contributed by atoms with Gasteiger partial charge < -0.3 is 15.1 Å². The van der Waals surface area contributed by atoms with Crippen LogP contribution in [0, 0.1) is 18.8 Å². The van der Waals surface area contributed by atoms with E-state index in [0.29, 0.717) is 25.4 Å². The normalized spacial score (nSPS) is 20.6. The van der Waals surface area contributed by atoms with Crippen LogP contribution in [0.3, 0.4) is 0 Å². The first-order valence-electron chi connectivity index (χ1n) is 11.0. The number of hydrogen-bond acceptors (Lipinski definition) is 4. The molecule has 0 radical (unpaired) electrons. The highest BCUT2D eigenvalue weighted by atomic mass is 16.2. The smallest absolute Gasteiger partial charge is 0.225 e. The summed E-state index contributed by atoms with van der Waals surface area (Å²) in [7, 11) is 0. The maximum absolute atomic E-state index is 12.4. The molecule has 2 heterocycles. The Kier molecular flexibility index (Phi) is 7.53. The average molecular weight is 401 g/mol. The zero-order chi connectivity index (χ0) is 20.8. The van der Waals surface area contributed by atoms with Gasteiger partial charge in [0.25, 0.3) is 0 Å². The molecule has 29 heavy (non-hydrogen) atoms. The number of rotatable bonds is 8. The lowest BCUT2D eigenvalue weighted by Gasteiger charge is -2.36. The van der Waals surface area contributed by atoms with Gasteiger partial charge in [0.1, 0.15) is 0 Å². The van der Waals surface area contributed by atoms with Crippen molar-refractivity contribution in [2.45, 2.75) is 33.6 Å². The van der Waals surface area contributed by atoms with Crippen LogP contribution in [0.5, 0.6) is 0 Å². The van der Waals surface area contributed by atoms with Gasteiger partial charge in [-0.25, -0.2) is 0 Å². The highest BCUT2D eigenvalue weighted by Crippen LogP contribution is 2.19. The lowest BCUT2D eigenvalue weighted by atomic mass is 10.1. The van der Waals surface area contributed by atoms with E-state index in [1.165, 1.54) is 11.3 Å². The third-order valence-corrected chi connectivity index (χ3v) is 5.86. The highest BCUT2D eigenvalue weighted by molar-refractivity contribution is 5.89. The van der Waals surface area contributed by atoms with E-state index in [2.05, 4.69) is 60.2 Å². The van der Waals surface area contributed by atoms with E-state index in [0.717, 1.165) is 45.7 Å². The molecule has 2 amide bonds. The molecule has 0 bridgehead atoms. The van der Waals surface area contributed by atoms with Gasteiger partial charge in [-0.2, -0.15) is 0 Å². The van der Waals surface area contributed by atoms with Gasteiger partial charge in [0.05, 0.1) is 5.92 Å². The molecule has 1 aromatic rings. The van der Waals surface area contributed by atoms with Gasteiger partial charge in [0.15, 0.2) is 0 Å². The molecule has 6 nitrogen and oxygen atoms in total. The van der Waals surface area contributed by atoms with E-state index >= 15 is 0 Å². The lowest BCUT2D eigenvalue weighted by molar-refractivity contribution is -0.129. The van der Waals surface area contributed by atoms with Crippen molar-refractivity contribution >= 4 is 17.5 Å². The Morgan fingerprint density at radius 2 is 1.97 bits per heavy atom. The van der Waals surface area contributed by atoms with Crippen LogP contribution in [-0.4, -0.2) is 74.0 Å². The van der Waals surface area contributed by atoms with Crippen molar-refractivity contribution in [1.29, 1.82) is 0 Å². The SMILES string of the molecule is Cc1cccc(N2CCN(CCCNC(=O)C3CC(=O)N(CC(C)C)C3)CC2)c1. The molecule has 6 heteroatoms. The van der Waals surface area contributed by atoms with Crippen molar-refractivity contribution in [2.75, 3.05) is 57.3 Å². The number of anilines is 1. The van der Waals surface area contributed by atoms with Crippen LogP contribution in [0.2, 0.25) is 0 Å². The molecule has 160 valence electrons. The van der Waals surface area contributed by atoms with E-state index in [1.807, 2.05) is 4.90 Å². The Morgan fingerprint density at radius 1 is 1.21 bits per heavy atom. The number of aryl methyl sites for hydroxylation is 1. The Labute approximate surface area is 175 Å². The van der Waals surface area contributed by atoms with Crippen molar-refractivity contribution in [3.63, 3.8) is 0 Å². The third-order valence-electron chi connectivity index (χ3n) is 5.86. The minimum atomic E-state index is -0.181. The van der Waals surface area contributed by atoms with Crippen molar-refractivity contribution in [3.05, 3.63) is 29.8 Å². The Morgan fingerprint density at radius 3 is 2.66 bits per heavy atom. The van der Waals surface area contributed by atoms with Crippen LogP contribution in [0.4, 0.5) is 5.69 Å². The number of carbonyl (C=O) groups is 2. The van der Waals surface area contributed by atoms with Gasteiger partial charge in [-0.15, -0.1) is 0 Å². The van der Waals surface area contributed by atoms with Gasteiger partial charge in [0.2, 0.25) is 11.8 Å². The number of amides is 2. The second-order valence-corrected chi connectivity index (χ2v) is 8.91. The zero-order valence-corrected chi connectivity index (χ0v) is 18.2. The number of piperazine rings is 1. The molecule has 0 spiro atoms. The van der Waals surface area contributed by atoms with E-state index in [-0.39, 0.29) is 17.7 Å². The van der Waals surface area contributed by atoms with Gasteiger partial charge in [-0.05, 0) is 43.5 Å². The summed E-state index contributed by atoms with van der Waals surface area (Å²) in [6, 6.07) is 8.70. The standard InChI is InChI=1S/C23H36N4O2/c1-18(2)16-27-17-20(15-22(27)28)23(29)24-8-5-9-25-10-12-26(13-11-25)21-7-4-6-19(3)14-21/h4,6-7,14,18,20H,5,8-13,15-17H2,1-3H3,(H,24,29). The fourth-order valence-electron chi connectivity index (χ4n) is 4.28. The van der Waals surface area contributed by atoms with Crippen molar-refractivity contribution < 1.29 is 9.59 Å². The molecule has 2 aliphatic rings. The second-order valence-electron chi connectivity index (χ2n) is 8.91. The van der Waals surface area contributed by atoms with Crippen LogP contribution in [-0.2, 0) is 9.59 Å². The van der Waals surface area contributed by atoms with Crippen molar-refractivity contribution in [1.82, 2.24) is 15.1 Å². The Balaban J connectivity index is 1.31. The van der Waals surface area contributed by atoms with Gasteiger partial charge in [0, 0.05) is 57.9 Å². The van der Waals surface area contributed by atoms with Gasteiger partial charge in [-0.1, -0.05) is 26.0 Å². The van der Waals surface area contributed by atoms with Crippen LogP contribution in [0.25, 0.3) is 0 Å². The fourth-order valence-corrected chi connectivity index (χ4v) is 4.28. The molecule has 1 N–H and O–H groups in total. The number of benzene rings is 1. The molecule has 2 aliphatic heterocycles. The minimum Gasteiger partial charge on any atom is -0.369 e. The number of nitrogens with zero attached hydrogens (tertiary/aromatic N) is 3. The summed E-state index contributed by atoms with van der Waals surface area (Å²) in [5.74, 6) is 0.408. The molecule has 2 saturated heterocycles. The molecular formula is C23H36N4O2. The molecule has 2 fully saturated rings. The molecular weight excluding hydrogens is 364 g/mol. The Bertz CT molecular complexity index is 698. The summed E-state index contributed by atoms with van der Waals surface area (Å²) >= 11 is 0. The Hall–Kier alpha value is -2.08. The topological polar surface area (TPSA) is 55.9 Å². The van der Waals surface area contributed by atoms with Crippen molar-refractivity contribution in [3.8, 4) is 0 Å². The molecule has 0 saturated carbocycles. The highest BCUT2D eigenvalue weighted by Gasteiger charge is 2.34. The maximum Gasteiger partial charge on any atom is 0.225 e. The number of carbonyl (C=O) groups excluding carboxylic acids is 2. The van der Waals surface area contributed by atoms with E-state index < -0.39 is 0 Å². The van der Waals surface area contributed by atoms with Gasteiger partial charge >= 0.3 is 0 Å². The number of likely N-dealkylation sites (tertiary alicyclic amines) is 1. The minimum absolute atomic E-state index is 0.0360. The molecule has 3 rings (SSSR count). The first kappa shape index (κ1) is 21.6. The molecule has 1 aromatic carbocycles. The second kappa shape index (κ2) is 10.1. The summed E-state index contributed by atoms with van der Waals surface area (Å²) in [5.41, 5.74) is 2.62. The van der Waals surface area contributed by atoms with Crippen LogP contribution in [0.1, 0.15) is 32.3 Å². The first-order valence-corrected chi connectivity index (χ1v) is 11.0. The lowest BCUT2D eigenvalue weighted by Crippen LogP contribution is -2.47. The molecule has 0 aliphatic carbocycles. The zero-order valence-electron chi connectivity index (χ0n) is 18.2. The van der Waals surface area contributed by atoms with Crippen LogP contribution < -0.4 is 10.2 Å².